The van der Waals surface area contributed by atoms with Gasteiger partial charge in [0.15, 0.2) is 18.1 Å². The van der Waals surface area contributed by atoms with Gasteiger partial charge >= 0.3 is 5.97 Å². The fourth-order valence-corrected chi connectivity index (χ4v) is 4.49. The molecule has 6 N–H and O–H groups in total. The maximum atomic E-state index is 13.3. The van der Waals surface area contributed by atoms with Gasteiger partial charge in [-0.05, 0) is 55.5 Å². The highest BCUT2D eigenvalue weighted by Crippen LogP contribution is 2.37. The van der Waals surface area contributed by atoms with E-state index in [1.54, 1.807) is 42.5 Å². The first kappa shape index (κ1) is 29.5. The van der Waals surface area contributed by atoms with Gasteiger partial charge in [-0.25, -0.2) is 4.79 Å². The summed E-state index contributed by atoms with van der Waals surface area (Å²) in [5, 5.41) is 23.3. The molecule has 0 aliphatic carbocycles. The van der Waals surface area contributed by atoms with E-state index in [-0.39, 0.29) is 12.4 Å². The summed E-state index contributed by atoms with van der Waals surface area (Å²) in [6.45, 7) is 4.43. The van der Waals surface area contributed by atoms with Crippen molar-refractivity contribution in [2.45, 2.75) is 13.5 Å². The average Bonchev–Trinajstić information content (AvgIpc) is 2.96. The summed E-state index contributed by atoms with van der Waals surface area (Å²) in [5.41, 5.74) is 8.93. The number of ether oxygens (including phenoxy) is 3. The molecule has 1 fully saturated rings. The van der Waals surface area contributed by atoms with Crippen molar-refractivity contribution in [2.75, 3.05) is 55.1 Å². The zero-order valence-electron chi connectivity index (χ0n) is 22.5. The minimum Gasteiger partial charge on any atom is -0.490 e. The zero-order chi connectivity index (χ0) is 29.4. The fraction of sp³-hybridized carbons (Fsp3) is 0.276. The number of amidine groups is 1. The van der Waals surface area contributed by atoms with E-state index >= 15 is 0 Å². The number of carbonyl (C=O) groups is 2. The molecule has 3 aromatic carbocycles. The van der Waals surface area contributed by atoms with Crippen LogP contribution in [0.15, 0.2) is 54.6 Å². The molecule has 1 heterocycles. The number of hydrogen-bond acceptors (Lipinski definition) is 8. The highest BCUT2D eigenvalue weighted by atomic mass is 35.5. The Labute approximate surface area is 242 Å². The molecule has 4 rings (SSSR count). The number of benzene rings is 3. The first-order chi connectivity index (χ1) is 19.7. The number of amides is 1. The number of carboxylic acid groups (broad SMARTS) is 1. The molecular weight excluding hydrogens is 550 g/mol. The van der Waals surface area contributed by atoms with Gasteiger partial charge in [-0.1, -0.05) is 11.6 Å². The summed E-state index contributed by atoms with van der Waals surface area (Å²) >= 11 is 6.24. The first-order valence-electron chi connectivity index (χ1n) is 13.0. The maximum Gasteiger partial charge on any atom is 0.341 e. The number of hydrogen-bond donors (Lipinski definition) is 5. The van der Waals surface area contributed by atoms with Gasteiger partial charge in [0, 0.05) is 58.9 Å². The van der Waals surface area contributed by atoms with Crippen LogP contribution < -0.4 is 30.7 Å². The molecule has 0 spiro atoms. The molecule has 0 saturated carbocycles. The Bertz CT molecular complexity index is 1410. The molecule has 216 valence electrons. The van der Waals surface area contributed by atoms with Gasteiger partial charge in [0.25, 0.3) is 5.91 Å². The van der Waals surface area contributed by atoms with Crippen LogP contribution in [-0.2, 0) is 16.1 Å². The smallest absolute Gasteiger partial charge is 0.341 e. The summed E-state index contributed by atoms with van der Waals surface area (Å²) in [6.07, 6.45) is 0. The standard InChI is InChI=1S/C29H32ClN5O6/c1-2-40-25-15-22(35-9-11-39-12-10-35)13-19(27(25)41-17-26(36)37)16-33-24-8-5-20(30)14-23(24)29(38)34-21-6-3-18(4-7-21)28(31)32/h3-8,13-15,33H,2,9-12,16-17H2,1H3,(H3,31,32)(H,34,38)(H,36,37). The largest absolute Gasteiger partial charge is 0.490 e. The quantitative estimate of drug-likeness (QED) is 0.156. The number of nitrogens with one attached hydrogen (secondary N) is 3. The minimum absolute atomic E-state index is 0.0684. The van der Waals surface area contributed by atoms with Crippen LogP contribution in [0.3, 0.4) is 0 Å². The van der Waals surface area contributed by atoms with Gasteiger partial charge in [-0.2, -0.15) is 0 Å². The van der Waals surface area contributed by atoms with Crippen molar-refractivity contribution in [3.63, 3.8) is 0 Å². The van der Waals surface area contributed by atoms with Crippen molar-refractivity contribution in [3.8, 4) is 11.5 Å². The monoisotopic (exact) mass is 581 g/mol. The topological polar surface area (TPSA) is 159 Å². The van der Waals surface area contributed by atoms with Gasteiger partial charge in [0.1, 0.15) is 5.84 Å². The number of carboxylic acids is 1. The average molecular weight is 582 g/mol. The number of morpholine rings is 1. The van der Waals surface area contributed by atoms with Crippen molar-refractivity contribution in [1.82, 2.24) is 0 Å². The van der Waals surface area contributed by atoms with Crippen LogP contribution in [0, 0.1) is 5.41 Å². The van der Waals surface area contributed by atoms with Crippen molar-refractivity contribution >= 4 is 46.4 Å². The summed E-state index contributed by atoms with van der Waals surface area (Å²) in [7, 11) is 0. The molecule has 0 atom stereocenters. The number of halogens is 1. The van der Waals surface area contributed by atoms with Gasteiger partial charge < -0.3 is 40.6 Å². The third-order valence-corrected chi connectivity index (χ3v) is 6.52. The third-order valence-electron chi connectivity index (χ3n) is 6.28. The predicted molar refractivity (Wildman–Crippen MR) is 158 cm³/mol. The molecule has 1 aliphatic heterocycles. The molecule has 1 aliphatic rings. The lowest BCUT2D eigenvalue weighted by Crippen LogP contribution is -2.36. The Balaban J connectivity index is 1.62. The van der Waals surface area contributed by atoms with Crippen LogP contribution in [0.5, 0.6) is 11.5 Å². The van der Waals surface area contributed by atoms with Crippen LogP contribution >= 0.6 is 11.6 Å². The summed E-state index contributed by atoms with van der Waals surface area (Å²) < 4.78 is 17.0. The lowest BCUT2D eigenvalue weighted by Gasteiger charge is -2.30. The summed E-state index contributed by atoms with van der Waals surface area (Å²) in [5.74, 6) is -0.843. The predicted octanol–water partition coefficient (Wildman–Crippen LogP) is 4.19. The number of nitrogen functional groups attached to an aromatic ring is 1. The fourth-order valence-electron chi connectivity index (χ4n) is 4.32. The molecule has 1 saturated heterocycles. The van der Waals surface area contributed by atoms with Crippen LogP contribution in [0.25, 0.3) is 0 Å². The SMILES string of the molecule is CCOc1cc(N2CCOCC2)cc(CNc2ccc(Cl)cc2C(=O)Nc2ccc(C(=N)N)cc2)c1OCC(=O)O. The molecular formula is C29H32ClN5O6. The number of aliphatic carboxylic acids is 1. The highest BCUT2D eigenvalue weighted by Gasteiger charge is 2.21. The van der Waals surface area contributed by atoms with E-state index in [0.29, 0.717) is 77.5 Å². The van der Waals surface area contributed by atoms with Crippen molar-refractivity contribution in [2.24, 2.45) is 5.73 Å². The molecule has 0 unspecified atom stereocenters. The van der Waals surface area contributed by atoms with Crippen molar-refractivity contribution in [1.29, 1.82) is 5.41 Å². The van der Waals surface area contributed by atoms with E-state index in [1.165, 1.54) is 0 Å². The Morgan fingerprint density at radius 3 is 2.49 bits per heavy atom. The molecule has 12 heteroatoms. The molecule has 0 radical (unpaired) electrons. The third kappa shape index (κ3) is 7.80. The highest BCUT2D eigenvalue weighted by molar-refractivity contribution is 6.31. The Morgan fingerprint density at radius 2 is 1.83 bits per heavy atom. The van der Waals surface area contributed by atoms with Crippen LogP contribution in [0.4, 0.5) is 17.1 Å². The van der Waals surface area contributed by atoms with Crippen LogP contribution in [0.1, 0.15) is 28.4 Å². The number of rotatable bonds is 12. The van der Waals surface area contributed by atoms with Gasteiger partial charge in [-0.15, -0.1) is 0 Å². The number of anilines is 3. The van der Waals surface area contributed by atoms with E-state index in [1.807, 2.05) is 19.1 Å². The van der Waals surface area contributed by atoms with Gasteiger partial charge in [0.05, 0.1) is 25.4 Å². The van der Waals surface area contributed by atoms with Crippen LogP contribution in [-0.4, -0.2) is 62.3 Å². The van der Waals surface area contributed by atoms with Gasteiger partial charge in [-0.3, -0.25) is 10.2 Å². The first-order valence-corrected chi connectivity index (χ1v) is 13.4. The Kier molecular flexibility index (Phi) is 9.88. The Morgan fingerprint density at radius 1 is 1.10 bits per heavy atom. The van der Waals surface area contributed by atoms with E-state index in [2.05, 4.69) is 15.5 Å². The van der Waals surface area contributed by atoms with E-state index in [4.69, 9.17) is 37.0 Å². The normalized spacial score (nSPS) is 12.9. The minimum atomic E-state index is -1.11. The molecule has 11 nitrogen and oxygen atoms in total. The van der Waals surface area contributed by atoms with E-state index in [9.17, 15) is 14.7 Å². The maximum absolute atomic E-state index is 13.3. The van der Waals surface area contributed by atoms with Gasteiger partial charge in [0.2, 0.25) is 0 Å². The molecule has 1 amide bonds. The molecule has 3 aromatic rings. The lowest BCUT2D eigenvalue weighted by atomic mass is 10.1. The molecule has 0 aromatic heterocycles. The van der Waals surface area contributed by atoms with Crippen molar-refractivity contribution in [3.05, 3.63) is 76.3 Å². The molecule has 0 bridgehead atoms. The van der Waals surface area contributed by atoms with E-state index < -0.39 is 18.5 Å². The second kappa shape index (κ2) is 13.7. The zero-order valence-corrected chi connectivity index (χ0v) is 23.3. The second-order valence-corrected chi connectivity index (χ2v) is 9.57. The lowest BCUT2D eigenvalue weighted by molar-refractivity contribution is -0.139. The van der Waals surface area contributed by atoms with E-state index in [0.717, 1.165) is 5.69 Å². The number of carbonyl (C=O) groups excluding carboxylic acids is 1. The van der Waals surface area contributed by atoms with Crippen LogP contribution in [0.2, 0.25) is 5.02 Å². The number of nitrogens with zero attached hydrogens (tertiary/aromatic N) is 1. The number of nitrogens with two attached hydrogens (primary N) is 1. The Hall–Kier alpha value is -4.48. The van der Waals surface area contributed by atoms with Crippen molar-refractivity contribution < 1.29 is 28.9 Å². The summed E-state index contributed by atoms with van der Waals surface area (Å²) in [4.78, 5) is 26.7. The molecule has 41 heavy (non-hydrogen) atoms. The summed E-state index contributed by atoms with van der Waals surface area (Å²) in [6, 6.07) is 15.3. The second-order valence-electron chi connectivity index (χ2n) is 9.14.